The van der Waals surface area contributed by atoms with Crippen LogP contribution in [-0.2, 0) is 4.79 Å². The first-order valence-electron chi connectivity index (χ1n) is 10.4. The lowest BCUT2D eigenvalue weighted by Crippen LogP contribution is -2.35. The van der Waals surface area contributed by atoms with Gasteiger partial charge >= 0.3 is 0 Å². The molecule has 8 heteroatoms. The zero-order valence-corrected chi connectivity index (χ0v) is 19.0. The molecule has 164 valence electrons. The van der Waals surface area contributed by atoms with Crippen molar-refractivity contribution in [3.05, 3.63) is 89.3 Å². The lowest BCUT2D eigenvalue weighted by atomic mass is 10.1. The Balaban J connectivity index is 1.42. The Labute approximate surface area is 195 Å². The summed E-state index contributed by atoms with van der Waals surface area (Å²) in [6.07, 6.45) is 3.66. The predicted molar refractivity (Wildman–Crippen MR) is 132 cm³/mol. The second kappa shape index (κ2) is 8.55. The molecule has 2 aliphatic heterocycles. The van der Waals surface area contributed by atoms with E-state index < -0.39 is 5.91 Å². The normalized spacial score (nSPS) is 16.7. The number of amidine groups is 2. The number of nitrogens with zero attached hydrogens (tertiary/aromatic N) is 4. The van der Waals surface area contributed by atoms with Gasteiger partial charge in [-0.15, -0.1) is 0 Å². The predicted octanol–water partition coefficient (Wildman–Crippen LogP) is 4.79. The standard InChI is InChI=1S/C25H21N5O2S/c1-16-8-6-9-17(2)22(16)29-13-7-10-18(29)14-20-23(26)30-25(27-24(20)31)33-21(28-30)15-32-19-11-4-3-5-12-19/h3-14,26H,15H2,1-2H3/b20-14-,26-23?. The second-order valence-electron chi connectivity index (χ2n) is 7.66. The molecule has 3 aromatic rings. The van der Waals surface area contributed by atoms with Crippen LogP contribution in [0.1, 0.15) is 16.8 Å². The van der Waals surface area contributed by atoms with E-state index in [2.05, 4.69) is 36.1 Å². The number of carbonyl (C=O) groups is 1. The fourth-order valence-electron chi connectivity index (χ4n) is 3.80. The first kappa shape index (κ1) is 21.0. The van der Waals surface area contributed by atoms with E-state index in [0.29, 0.717) is 10.2 Å². The summed E-state index contributed by atoms with van der Waals surface area (Å²) in [5.74, 6) is 0.279. The molecule has 0 spiro atoms. The topological polar surface area (TPSA) is 83.0 Å². The number of amides is 1. The largest absolute Gasteiger partial charge is 0.487 e. The Morgan fingerprint density at radius 3 is 2.55 bits per heavy atom. The third kappa shape index (κ3) is 4.01. The molecule has 0 saturated carbocycles. The zero-order chi connectivity index (χ0) is 22.9. The third-order valence-electron chi connectivity index (χ3n) is 5.35. The van der Waals surface area contributed by atoms with Gasteiger partial charge in [0.25, 0.3) is 5.91 Å². The molecule has 7 nitrogen and oxygen atoms in total. The average Bonchev–Trinajstić information content (AvgIpc) is 3.43. The Kier molecular flexibility index (Phi) is 5.43. The number of thioether (sulfide) groups is 1. The molecule has 0 unspecified atom stereocenters. The van der Waals surface area contributed by atoms with E-state index in [9.17, 15) is 4.79 Å². The number of rotatable bonds is 5. The van der Waals surface area contributed by atoms with Crippen LogP contribution in [0, 0.1) is 19.3 Å². The molecule has 1 amide bonds. The minimum atomic E-state index is -0.451. The molecule has 1 N–H and O–H groups in total. The highest BCUT2D eigenvalue weighted by Crippen LogP contribution is 2.29. The number of fused-ring (bicyclic) bond motifs is 1. The van der Waals surface area contributed by atoms with Crippen LogP contribution in [0.4, 0.5) is 0 Å². The summed E-state index contributed by atoms with van der Waals surface area (Å²) in [7, 11) is 0. The number of carbonyl (C=O) groups excluding carboxylic acids is 1. The van der Waals surface area contributed by atoms with Gasteiger partial charge in [-0.3, -0.25) is 10.2 Å². The van der Waals surface area contributed by atoms with Gasteiger partial charge in [0.05, 0.1) is 11.3 Å². The minimum Gasteiger partial charge on any atom is -0.487 e. The summed E-state index contributed by atoms with van der Waals surface area (Å²) in [5, 5.41) is 15.5. The SMILES string of the molecule is Cc1cccc(C)c1-n1cccc1/C=C1/C(=N)N2N=C(COc3ccccc3)SC2=NC1=O. The quantitative estimate of drug-likeness (QED) is 0.561. The molecule has 1 aromatic heterocycles. The first-order valence-corrected chi connectivity index (χ1v) is 11.2. The summed E-state index contributed by atoms with van der Waals surface area (Å²) in [6.45, 7) is 4.35. The summed E-state index contributed by atoms with van der Waals surface area (Å²) < 4.78 is 7.78. The van der Waals surface area contributed by atoms with E-state index in [1.54, 1.807) is 6.08 Å². The van der Waals surface area contributed by atoms with Crippen molar-refractivity contribution in [1.29, 1.82) is 5.41 Å². The van der Waals surface area contributed by atoms with Crippen LogP contribution in [0.2, 0.25) is 0 Å². The average molecular weight is 456 g/mol. The van der Waals surface area contributed by atoms with Crippen molar-refractivity contribution < 1.29 is 9.53 Å². The second-order valence-corrected chi connectivity index (χ2v) is 8.70. The molecule has 2 aromatic carbocycles. The number of hydrogen-bond donors (Lipinski definition) is 1. The lowest BCUT2D eigenvalue weighted by molar-refractivity contribution is -0.114. The van der Waals surface area contributed by atoms with Crippen molar-refractivity contribution in [2.24, 2.45) is 10.1 Å². The van der Waals surface area contributed by atoms with E-state index in [-0.39, 0.29) is 18.0 Å². The molecule has 5 rings (SSSR count). The lowest BCUT2D eigenvalue weighted by Gasteiger charge is -2.20. The van der Waals surface area contributed by atoms with E-state index in [1.165, 1.54) is 16.8 Å². The summed E-state index contributed by atoms with van der Waals surface area (Å²) in [6, 6.07) is 19.4. The highest BCUT2D eigenvalue weighted by atomic mass is 32.2. The number of benzene rings is 2. The number of aromatic nitrogens is 1. The van der Waals surface area contributed by atoms with Crippen molar-refractivity contribution in [3.8, 4) is 11.4 Å². The minimum absolute atomic E-state index is 0.00136. The fraction of sp³-hybridized carbons (Fsp3) is 0.120. The van der Waals surface area contributed by atoms with Crippen LogP contribution in [0.5, 0.6) is 5.75 Å². The maximum Gasteiger partial charge on any atom is 0.283 e. The molecule has 0 atom stereocenters. The molecule has 0 fully saturated rings. The maximum atomic E-state index is 12.8. The number of hydrazone groups is 1. The monoisotopic (exact) mass is 455 g/mol. The van der Waals surface area contributed by atoms with E-state index >= 15 is 0 Å². The van der Waals surface area contributed by atoms with Crippen molar-refractivity contribution >= 4 is 39.8 Å². The third-order valence-corrected chi connectivity index (χ3v) is 6.24. The van der Waals surface area contributed by atoms with Gasteiger partial charge < -0.3 is 9.30 Å². The molecular weight excluding hydrogens is 434 g/mol. The molecule has 0 bridgehead atoms. The van der Waals surface area contributed by atoms with Crippen LogP contribution in [-0.4, -0.2) is 38.1 Å². The van der Waals surface area contributed by atoms with Crippen LogP contribution >= 0.6 is 11.8 Å². The van der Waals surface area contributed by atoms with Crippen molar-refractivity contribution in [2.75, 3.05) is 6.61 Å². The van der Waals surface area contributed by atoms with Gasteiger partial charge in [-0.25, -0.2) is 0 Å². The van der Waals surface area contributed by atoms with E-state index in [1.807, 2.05) is 59.3 Å². The Hall–Kier alpha value is -3.91. The summed E-state index contributed by atoms with van der Waals surface area (Å²) in [4.78, 5) is 17.0. The molecular formula is C25H21N5O2S. The highest BCUT2D eigenvalue weighted by molar-refractivity contribution is 8.27. The van der Waals surface area contributed by atoms with Crippen molar-refractivity contribution in [2.45, 2.75) is 13.8 Å². The Bertz CT molecular complexity index is 1330. The summed E-state index contributed by atoms with van der Waals surface area (Å²) >= 11 is 1.24. The van der Waals surface area contributed by atoms with Crippen molar-refractivity contribution in [3.63, 3.8) is 0 Å². The van der Waals surface area contributed by atoms with Gasteiger partial charge in [0, 0.05) is 11.9 Å². The van der Waals surface area contributed by atoms with E-state index in [4.69, 9.17) is 10.1 Å². The summed E-state index contributed by atoms with van der Waals surface area (Å²) in [5.41, 5.74) is 4.30. The Morgan fingerprint density at radius 1 is 1.03 bits per heavy atom. The number of para-hydroxylation sites is 2. The van der Waals surface area contributed by atoms with E-state index in [0.717, 1.165) is 28.3 Å². The van der Waals surface area contributed by atoms with Gasteiger partial charge in [0.2, 0.25) is 5.17 Å². The number of hydrogen-bond acceptors (Lipinski definition) is 5. The number of ether oxygens (including phenoxy) is 1. The molecule has 0 saturated heterocycles. The number of nitrogens with one attached hydrogen (secondary N) is 1. The first-order chi connectivity index (χ1) is 16.0. The van der Waals surface area contributed by atoms with Gasteiger partial charge in [0.15, 0.2) is 5.84 Å². The molecule has 33 heavy (non-hydrogen) atoms. The van der Waals surface area contributed by atoms with Crippen LogP contribution < -0.4 is 4.74 Å². The van der Waals surface area contributed by atoms with Crippen molar-refractivity contribution in [1.82, 2.24) is 9.58 Å². The van der Waals surface area contributed by atoms with Crippen LogP contribution in [0.15, 0.2) is 82.5 Å². The van der Waals surface area contributed by atoms with Crippen LogP contribution in [0.3, 0.4) is 0 Å². The number of aliphatic imine (C=N–C) groups is 1. The van der Waals surface area contributed by atoms with Gasteiger partial charge in [0.1, 0.15) is 17.4 Å². The Morgan fingerprint density at radius 2 is 1.79 bits per heavy atom. The molecule has 3 heterocycles. The molecule has 2 aliphatic rings. The molecule has 0 aliphatic carbocycles. The highest BCUT2D eigenvalue weighted by Gasteiger charge is 2.36. The van der Waals surface area contributed by atoms with Gasteiger partial charge in [-0.1, -0.05) is 36.4 Å². The maximum absolute atomic E-state index is 12.8. The van der Waals surface area contributed by atoms with Gasteiger partial charge in [-0.2, -0.15) is 15.1 Å². The smallest absolute Gasteiger partial charge is 0.283 e. The fourth-order valence-corrected chi connectivity index (χ4v) is 4.60. The zero-order valence-electron chi connectivity index (χ0n) is 18.1. The molecule has 0 radical (unpaired) electrons. The van der Waals surface area contributed by atoms with Crippen LogP contribution in [0.25, 0.3) is 11.8 Å². The number of aryl methyl sites for hydroxylation is 2. The van der Waals surface area contributed by atoms with Gasteiger partial charge in [-0.05, 0) is 67.1 Å².